The zero-order valence-corrected chi connectivity index (χ0v) is 13.3. The van der Waals surface area contributed by atoms with E-state index in [9.17, 15) is 4.79 Å². The number of carbonyl (C=O) groups is 1. The summed E-state index contributed by atoms with van der Waals surface area (Å²) in [5.74, 6) is 0.744. The second-order valence-corrected chi connectivity index (χ2v) is 4.97. The fraction of sp³-hybridized carbons (Fsp3) is 0.500. The molecule has 0 aromatic heterocycles. The number of hydrogen-bond donors (Lipinski definition) is 1. The number of nitrogens with zero attached hydrogens (tertiary/aromatic N) is 1. The van der Waals surface area contributed by atoms with E-state index in [4.69, 9.17) is 4.74 Å². The summed E-state index contributed by atoms with van der Waals surface area (Å²) < 4.78 is 6.56. The fourth-order valence-electron chi connectivity index (χ4n) is 1.85. The summed E-state index contributed by atoms with van der Waals surface area (Å²) in [6.07, 6.45) is 0. The zero-order chi connectivity index (χ0) is 14.3. The number of carbonyl (C=O) groups excluding carboxylic acids is 1. The van der Waals surface area contributed by atoms with Gasteiger partial charge in [-0.15, -0.1) is 0 Å². The Kier molecular flexibility index (Phi) is 6.87. The zero-order valence-electron chi connectivity index (χ0n) is 11.7. The van der Waals surface area contributed by atoms with Crippen molar-refractivity contribution in [3.05, 3.63) is 28.2 Å². The number of rotatable bonds is 7. The van der Waals surface area contributed by atoms with E-state index >= 15 is 0 Å². The molecule has 0 unspecified atom stereocenters. The summed E-state index contributed by atoms with van der Waals surface area (Å²) in [5, 5.41) is 3.09. The number of ether oxygens (including phenoxy) is 1. The molecule has 0 atom stereocenters. The molecule has 0 bridgehead atoms. The SMILES string of the molecule is CCN(CC)C(=O)COc1c(Br)cccc1CNC. The topological polar surface area (TPSA) is 41.6 Å². The average molecular weight is 329 g/mol. The van der Waals surface area contributed by atoms with Gasteiger partial charge in [-0.3, -0.25) is 4.79 Å². The van der Waals surface area contributed by atoms with Gasteiger partial charge in [0.15, 0.2) is 6.61 Å². The van der Waals surface area contributed by atoms with Crippen LogP contribution in [0.25, 0.3) is 0 Å². The quantitative estimate of drug-likeness (QED) is 0.835. The largest absolute Gasteiger partial charge is 0.482 e. The van der Waals surface area contributed by atoms with Gasteiger partial charge < -0.3 is 15.0 Å². The van der Waals surface area contributed by atoms with Crippen molar-refractivity contribution in [3.63, 3.8) is 0 Å². The summed E-state index contributed by atoms with van der Waals surface area (Å²) >= 11 is 3.46. The molecule has 4 nitrogen and oxygen atoms in total. The van der Waals surface area contributed by atoms with E-state index in [0.29, 0.717) is 19.6 Å². The first-order valence-electron chi connectivity index (χ1n) is 6.46. The second kappa shape index (κ2) is 8.17. The molecule has 1 N–H and O–H groups in total. The Morgan fingerprint density at radius 3 is 2.63 bits per heavy atom. The molecule has 0 spiro atoms. The van der Waals surface area contributed by atoms with Gasteiger partial charge >= 0.3 is 0 Å². The van der Waals surface area contributed by atoms with Gasteiger partial charge in [-0.05, 0) is 42.9 Å². The van der Waals surface area contributed by atoms with E-state index in [0.717, 1.165) is 15.8 Å². The lowest BCUT2D eigenvalue weighted by Gasteiger charge is -2.20. The van der Waals surface area contributed by atoms with Crippen LogP contribution in [0.1, 0.15) is 19.4 Å². The van der Waals surface area contributed by atoms with Crippen molar-refractivity contribution in [1.82, 2.24) is 10.2 Å². The van der Waals surface area contributed by atoms with Crippen LogP contribution in [0.5, 0.6) is 5.75 Å². The van der Waals surface area contributed by atoms with Crippen molar-refractivity contribution in [2.45, 2.75) is 20.4 Å². The monoisotopic (exact) mass is 328 g/mol. The van der Waals surface area contributed by atoms with Crippen molar-refractivity contribution < 1.29 is 9.53 Å². The van der Waals surface area contributed by atoms with Gasteiger partial charge in [0.05, 0.1) is 4.47 Å². The van der Waals surface area contributed by atoms with Gasteiger partial charge in [0.2, 0.25) is 0 Å². The first-order chi connectivity index (χ1) is 9.13. The van der Waals surface area contributed by atoms with E-state index in [1.165, 1.54) is 0 Å². The maximum Gasteiger partial charge on any atom is 0.260 e. The molecule has 0 aliphatic heterocycles. The Balaban J connectivity index is 2.74. The predicted molar refractivity (Wildman–Crippen MR) is 80.3 cm³/mol. The highest BCUT2D eigenvalue weighted by atomic mass is 79.9. The van der Waals surface area contributed by atoms with Gasteiger partial charge in [-0.1, -0.05) is 12.1 Å². The molecule has 0 heterocycles. The third-order valence-electron chi connectivity index (χ3n) is 2.87. The highest BCUT2D eigenvalue weighted by Gasteiger charge is 2.13. The molecule has 0 fully saturated rings. The highest BCUT2D eigenvalue weighted by molar-refractivity contribution is 9.10. The fourth-order valence-corrected chi connectivity index (χ4v) is 2.37. The van der Waals surface area contributed by atoms with Gasteiger partial charge in [0, 0.05) is 25.2 Å². The van der Waals surface area contributed by atoms with Crippen molar-refractivity contribution >= 4 is 21.8 Å². The summed E-state index contributed by atoms with van der Waals surface area (Å²) in [6.45, 7) is 6.11. The second-order valence-electron chi connectivity index (χ2n) is 4.11. The van der Waals surface area contributed by atoms with Crippen LogP contribution < -0.4 is 10.1 Å². The molecule has 1 aromatic rings. The third-order valence-corrected chi connectivity index (χ3v) is 3.50. The van der Waals surface area contributed by atoms with Crippen LogP contribution in [0.4, 0.5) is 0 Å². The lowest BCUT2D eigenvalue weighted by atomic mass is 10.2. The van der Waals surface area contributed by atoms with Crippen molar-refractivity contribution in [3.8, 4) is 5.75 Å². The number of hydrogen-bond acceptors (Lipinski definition) is 3. The summed E-state index contributed by atoms with van der Waals surface area (Å²) in [5.41, 5.74) is 1.03. The van der Waals surface area contributed by atoms with E-state index in [2.05, 4.69) is 21.2 Å². The number of benzene rings is 1. The van der Waals surface area contributed by atoms with Crippen LogP contribution in [0.3, 0.4) is 0 Å². The third kappa shape index (κ3) is 4.51. The maximum absolute atomic E-state index is 11.9. The first-order valence-corrected chi connectivity index (χ1v) is 7.25. The number of likely N-dealkylation sites (N-methyl/N-ethyl adjacent to an activating group) is 1. The van der Waals surface area contributed by atoms with E-state index < -0.39 is 0 Å². The summed E-state index contributed by atoms with van der Waals surface area (Å²) in [7, 11) is 1.88. The minimum Gasteiger partial charge on any atom is -0.482 e. The maximum atomic E-state index is 11.9. The molecule has 0 saturated heterocycles. The Morgan fingerprint density at radius 2 is 2.05 bits per heavy atom. The van der Waals surface area contributed by atoms with Crippen LogP contribution in [-0.4, -0.2) is 37.6 Å². The molecule has 0 aliphatic rings. The molecule has 0 saturated carbocycles. The van der Waals surface area contributed by atoms with E-state index in [1.807, 2.05) is 39.1 Å². The van der Waals surface area contributed by atoms with Crippen LogP contribution >= 0.6 is 15.9 Å². The van der Waals surface area contributed by atoms with Crippen LogP contribution in [0, 0.1) is 0 Å². The van der Waals surface area contributed by atoms with Gasteiger partial charge in [0.1, 0.15) is 5.75 Å². The molecule has 106 valence electrons. The smallest absolute Gasteiger partial charge is 0.260 e. The van der Waals surface area contributed by atoms with E-state index in [-0.39, 0.29) is 12.5 Å². The minimum atomic E-state index is 0.0103. The molecular weight excluding hydrogens is 308 g/mol. The van der Waals surface area contributed by atoms with Gasteiger partial charge in [-0.25, -0.2) is 0 Å². The lowest BCUT2D eigenvalue weighted by Crippen LogP contribution is -2.34. The first kappa shape index (κ1) is 16.0. The molecule has 19 heavy (non-hydrogen) atoms. The Labute approximate surface area is 123 Å². The number of halogens is 1. The number of nitrogens with one attached hydrogen (secondary N) is 1. The Hall–Kier alpha value is -1.07. The Bertz CT molecular complexity index is 420. The van der Waals surface area contributed by atoms with Gasteiger partial charge in [0.25, 0.3) is 5.91 Å². The highest BCUT2D eigenvalue weighted by Crippen LogP contribution is 2.29. The molecule has 1 aromatic carbocycles. The number of para-hydroxylation sites is 1. The van der Waals surface area contributed by atoms with Crippen molar-refractivity contribution in [2.75, 3.05) is 26.7 Å². The van der Waals surface area contributed by atoms with Gasteiger partial charge in [-0.2, -0.15) is 0 Å². The minimum absolute atomic E-state index is 0.0103. The van der Waals surface area contributed by atoms with E-state index in [1.54, 1.807) is 4.90 Å². The summed E-state index contributed by atoms with van der Waals surface area (Å²) in [4.78, 5) is 13.7. The molecule has 0 aliphatic carbocycles. The molecular formula is C14H21BrN2O2. The molecule has 1 rings (SSSR count). The Morgan fingerprint density at radius 1 is 1.37 bits per heavy atom. The molecule has 1 amide bonds. The van der Waals surface area contributed by atoms with Crippen molar-refractivity contribution in [2.24, 2.45) is 0 Å². The molecule has 5 heteroatoms. The summed E-state index contributed by atoms with van der Waals surface area (Å²) in [6, 6.07) is 5.85. The predicted octanol–water partition coefficient (Wildman–Crippen LogP) is 2.42. The van der Waals surface area contributed by atoms with Crippen LogP contribution in [0.2, 0.25) is 0 Å². The standard InChI is InChI=1S/C14H21BrN2O2/c1-4-17(5-2)13(18)10-19-14-11(9-16-3)7-6-8-12(14)15/h6-8,16H,4-5,9-10H2,1-3H3. The number of amides is 1. The van der Waals surface area contributed by atoms with Crippen LogP contribution in [0.15, 0.2) is 22.7 Å². The molecule has 0 radical (unpaired) electrons. The van der Waals surface area contributed by atoms with Crippen LogP contribution in [-0.2, 0) is 11.3 Å². The average Bonchev–Trinajstić information content (AvgIpc) is 2.40. The van der Waals surface area contributed by atoms with Crippen molar-refractivity contribution in [1.29, 1.82) is 0 Å². The lowest BCUT2D eigenvalue weighted by molar-refractivity contribution is -0.132. The normalized spacial score (nSPS) is 10.3.